The van der Waals surface area contributed by atoms with E-state index in [0.717, 1.165) is 0 Å². The molecule has 0 atom stereocenters. The number of ether oxygens (including phenoxy) is 1. The zero-order chi connectivity index (χ0) is 15.2. The van der Waals surface area contributed by atoms with Crippen LogP contribution in [0.15, 0.2) is 24.3 Å². The highest BCUT2D eigenvalue weighted by atomic mass is 32.2. The molecule has 0 aromatic heterocycles. The maximum Gasteiger partial charge on any atom is 0.390 e. The van der Waals surface area contributed by atoms with Gasteiger partial charge in [-0.15, -0.1) is 0 Å². The average Bonchev–Trinajstić information content (AvgIpc) is 2.29. The molecule has 114 valence electrons. The van der Waals surface area contributed by atoms with E-state index in [4.69, 9.17) is 10.5 Å². The van der Waals surface area contributed by atoms with Crippen molar-refractivity contribution in [2.45, 2.75) is 12.6 Å². The minimum atomic E-state index is -4.39. The van der Waals surface area contributed by atoms with Gasteiger partial charge in [-0.25, -0.2) is 13.1 Å². The number of alkyl halides is 3. The second-order valence-corrected chi connectivity index (χ2v) is 5.92. The molecule has 0 aliphatic heterocycles. The highest BCUT2D eigenvalue weighted by molar-refractivity contribution is 7.89. The van der Waals surface area contributed by atoms with Crippen molar-refractivity contribution in [3.63, 3.8) is 0 Å². The molecule has 1 rings (SSSR count). The summed E-state index contributed by atoms with van der Waals surface area (Å²) >= 11 is 0. The van der Waals surface area contributed by atoms with Gasteiger partial charge in [-0.3, -0.25) is 0 Å². The van der Waals surface area contributed by atoms with Crippen LogP contribution in [0.5, 0.6) is 5.75 Å². The van der Waals surface area contributed by atoms with Crippen molar-refractivity contribution < 1.29 is 26.3 Å². The van der Waals surface area contributed by atoms with E-state index in [0.29, 0.717) is 11.4 Å². The van der Waals surface area contributed by atoms with Crippen molar-refractivity contribution in [3.8, 4) is 5.75 Å². The molecule has 0 saturated heterocycles. The van der Waals surface area contributed by atoms with Crippen LogP contribution >= 0.6 is 0 Å². The topological polar surface area (TPSA) is 81.4 Å². The van der Waals surface area contributed by atoms with Crippen LogP contribution in [0.25, 0.3) is 0 Å². The van der Waals surface area contributed by atoms with Crippen molar-refractivity contribution in [2.75, 3.05) is 24.6 Å². The van der Waals surface area contributed by atoms with Gasteiger partial charge in [0.2, 0.25) is 10.0 Å². The second kappa shape index (κ2) is 6.80. The van der Waals surface area contributed by atoms with Crippen LogP contribution in [-0.2, 0) is 10.0 Å². The van der Waals surface area contributed by atoms with Crippen LogP contribution < -0.4 is 15.2 Å². The molecule has 0 aliphatic rings. The molecule has 0 amide bonds. The van der Waals surface area contributed by atoms with E-state index < -0.39 is 34.9 Å². The summed E-state index contributed by atoms with van der Waals surface area (Å²) in [5.41, 5.74) is 6.00. The molecule has 5 nitrogen and oxygen atoms in total. The van der Waals surface area contributed by atoms with Gasteiger partial charge in [0.1, 0.15) is 12.4 Å². The quantitative estimate of drug-likeness (QED) is 0.748. The molecule has 0 unspecified atom stereocenters. The first-order valence-corrected chi connectivity index (χ1v) is 7.36. The van der Waals surface area contributed by atoms with Gasteiger partial charge in [0.25, 0.3) is 0 Å². The lowest BCUT2D eigenvalue weighted by molar-refractivity contribution is -0.132. The Morgan fingerprint density at radius 2 is 1.80 bits per heavy atom. The van der Waals surface area contributed by atoms with Gasteiger partial charge in [-0.2, -0.15) is 13.2 Å². The van der Waals surface area contributed by atoms with Crippen molar-refractivity contribution in [1.29, 1.82) is 0 Å². The lowest BCUT2D eigenvalue weighted by Gasteiger charge is -2.09. The molecule has 1 aromatic carbocycles. The Labute approximate surface area is 115 Å². The Kier molecular flexibility index (Phi) is 5.63. The Hall–Kier alpha value is -1.48. The first-order chi connectivity index (χ1) is 9.18. The predicted molar refractivity (Wildman–Crippen MR) is 68.8 cm³/mol. The first-order valence-electron chi connectivity index (χ1n) is 5.70. The van der Waals surface area contributed by atoms with Gasteiger partial charge in [-0.05, 0) is 24.3 Å². The standard InChI is InChI=1S/C11H15F3N2O3S/c12-11(13,14)5-6-16-20(17,18)8-7-19-10-3-1-9(15)2-4-10/h1-4,16H,5-8,15H2. The molecule has 0 aliphatic carbocycles. The number of rotatable bonds is 7. The van der Waals surface area contributed by atoms with E-state index in [1.807, 2.05) is 4.72 Å². The third-order valence-electron chi connectivity index (χ3n) is 2.23. The molecule has 0 fully saturated rings. The van der Waals surface area contributed by atoms with Crippen LogP contribution in [0.3, 0.4) is 0 Å². The van der Waals surface area contributed by atoms with E-state index in [1.165, 1.54) is 0 Å². The molecule has 0 heterocycles. The molecular weight excluding hydrogens is 297 g/mol. The molecule has 1 aromatic rings. The molecule has 0 bridgehead atoms. The molecule has 3 N–H and O–H groups in total. The highest BCUT2D eigenvalue weighted by Gasteiger charge is 2.27. The van der Waals surface area contributed by atoms with Crippen LogP contribution in [-0.4, -0.2) is 33.5 Å². The largest absolute Gasteiger partial charge is 0.492 e. The SMILES string of the molecule is Nc1ccc(OCCS(=O)(=O)NCCC(F)(F)F)cc1. The summed E-state index contributed by atoms with van der Waals surface area (Å²) in [5, 5.41) is 0. The van der Waals surface area contributed by atoms with E-state index in [2.05, 4.69) is 0 Å². The van der Waals surface area contributed by atoms with Crippen molar-refractivity contribution in [1.82, 2.24) is 4.72 Å². The number of hydrogen-bond donors (Lipinski definition) is 2. The molecular formula is C11H15F3N2O3S. The van der Waals surface area contributed by atoms with Gasteiger partial charge in [-0.1, -0.05) is 0 Å². The lowest BCUT2D eigenvalue weighted by Crippen LogP contribution is -2.31. The Balaban J connectivity index is 2.31. The second-order valence-electron chi connectivity index (χ2n) is 4.00. The van der Waals surface area contributed by atoms with Gasteiger partial charge in [0.15, 0.2) is 0 Å². The van der Waals surface area contributed by atoms with Crippen molar-refractivity contribution in [3.05, 3.63) is 24.3 Å². The number of sulfonamides is 1. The van der Waals surface area contributed by atoms with Crippen LogP contribution in [0.2, 0.25) is 0 Å². The number of benzene rings is 1. The van der Waals surface area contributed by atoms with Crippen LogP contribution in [0, 0.1) is 0 Å². The minimum absolute atomic E-state index is 0.161. The molecule has 9 heteroatoms. The fraction of sp³-hybridized carbons (Fsp3) is 0.455. The monoisotopic (exact) mass is 312 g/mol. The summed E-state index contributed by atoms with van der Waals surface area (Å²) in [6, 6.07) is 6.31. The fourth-order valence-electron chi connectivity index (χ4n) is 1.25. The Morgan fingerprint density at radius 3 is 2.35 bits per heavy atom. The first kappa shape index (κ1) is 16.6. The van der Waals surface area contributed by atoms with Crippen LogP contribution in [0.4, 0.5) is 18.9 Å². The molecule has 0 saturated carbocycles. The van der Waals surface area contributed by atoms with Crippen molar-refractivity contribution in [2.24, 2.45) is 0 Å². The smallest absolute Gasteiger partial charge is 0.390 e. The lowest BCUT2D eigenvalue weighted by atomic mass is 10.3. The predicted octanol–water partition coefficient (Wildman–Crippen LogP) is 1.52. The van der Waals surface area contributed by atoms with Crippen LogP contribution in [0.1, 0.15) is 6.42 Å². The number of nitrogens with two attached hydrogens (primary N) is 1. The summed E-state index contributed by atoms with van der Waals surface area (Å²) in [4.78, 5) is 0. The Morgan fingerprint density at radius 1 is 1.20 bits per heavy atom. The molecule has 0 radical (unpaired) electrons. The maximum atomic E-state index is 11.9. The summed E-state index contributed by atoms with van der Waals surface area (Å²) in [6.45, 7) is -0.834. The Bertz CT molecular complexity index is 515. The number of hydrogen-bond acceptors (Lipinski definition) is 4. The molecule has 20 heavy (non-hydrogen) atoms. The van der Waals surface area contributed by atoms with E-state index in [1.54, 1.807) is 24.3 Å². The highest BCUT2D eigenvalue weighted by Crippen LogP contribution is 2.18. The number of nitrogen functional groups attached to an aromatic ring is 1. The minimum Gasteiger partial charge on any atom is -0.492 e. The average molecular weight is 312 g/mol. The van der Waals surface area contributed by atoms with E-state index in [-0.39, 0.29) is 6.61 Å². The zero-order valence-electron chi connectivity index (χ0n) is 10.5. The number of anilines is 1. The van der Waals surface area contributed by atoms with Crippen molar-refractivity contribution >= 4 is 15.7 Å². The van der Waals surface area contributed by atoms with E-state index in [9.17, 15) is 21.6 Å². The third-order valence-corrected chi connectivity index (χ3v) is 3.58. The summed E-state index contributed by atoms with van der Waals surface area (Å²) < 4.78 is 65.4. The fourth-order valence-corrected chi connectivity index (χ4v) is 2.11. The van der Waals surface area contributed by atoms with Gasteiger partial charge in [0.05, 0.1) is 12.2 Å². The summed E-state index contributed by atoms with van der Waals surface area (Å²) in [6.07, 6.45) is -5.59. The third kappa shape index (κ3) is 7.19. The maximum absolute atomic E-state index is 11.9. The molecule has 0 spiro atoms. The van der Waals surface area contributed by atoms with Gasteiger partial charge in [0, 0.05) is 12.2 Å². The number of nitrogens with one attached hydrogen (secondary N) is 1. The summed E-state index contributed by atoms with van der Waals surface area (Å²) in [5.74, 6) is 0.0135. The van der Waals surface area contributed by atoms with E-state index >= 15 is 0 Å². The van der Waals surface area contributed by atoms with Gasteiger partial charge < -0.3 is 10.5 Å². The number of halogens is 3. The summed E-state index contributed by atoms with van der Waals surface area (Å²) in [7, 11) is -3.78. The van der Waals surface area contributed by atoms with Gasteiger partial charge >= 0.3 is 6.18 Å². The zero-order valence-corrected chi connectivity index (χ0v) is 11.3. The normalized spacial score (nSPS) is 12.3.